The summed E-state index contributed by atoms with van der Waals surface area (Å²) in [5.74, 6) is 1.64. The summed E-state index contributed by atoms with van der Waals surface area (Å²) in [6, 6.07) is 3.48. The Hall–Kier alpha value is -2.61. The first kappa shape index (κ1) is 17.2. The molecule has 1 amide bonds. The molecule has 1 aliphatic heterocycles. The van der Waals surface area contributed by atoms with Crippen molar-refractivity contribution in [3.05, 3.63) is 36.0 Å². The van der Waals surface area contributed by atoms with Gasteiger partial charge in [-0.3, -0.25) is 4.79 Å². The molecular weight excluding hydrogens is 322 g/mol. The number of hydrogen-bond acceptors (Lipinski definition) is 7. The summed E-state index contributed by atoms with van der Waals surface area (Å²) in [4.78, 5) is 22.8. The Labute approximate surface area is 146 Å². The summed E-state index contributed by atoms with van der Waals surface area (Å²) >= 11 is 0. The van der Waals surface area contributed by atoms with Crippen molar-refractivity contribution >= 4 is 17.5 Å². The minimum Gasteiger partial charge on any atom is -0.459 e. The second-order valence-electron chi connectivity index (χ2n) is 6.28. The minimum absolute atomic E-state index is 0.0801. The van der Waals surface area contributed by atoms with Crippen molar-refractivity contribution in [3.63, 3.8) is 0 Å². The molecular formula is C17H23N5O3. The van der Waals surface area contributed by atoms with Crippen LogP contribution in [0.2, 0.25) is 0 Å². The molecule has 8 nitrogen and oxygen atoms in total. The van der Waals surface area contributed by atoms with E-state index in [1.165, 1.54) is 12.6 Å². The van der Waals surface area contributed by atoms with Crippen LogP contribution >= 0.6 is 0 Å². The van der Waals surface area contributed by atoms with E-state index in [9.17, 15) is 4.79 Å². The Balaban J connectivity index is 1.70. The van der Waals surface area contributed by atoms with Crippen LogP contribution in [0.4, 0.5) is 11.6 Å². The van der Waals surface area contributed by atoms with Gasteiger partial charge in [0, 0.05) is 32.3 Å². The van der Waals surface area contributed by atoms with E-state index in [0.717, 1.165) is 17.8 Å². The SMILES string of the molecule is Cc1ccoc1C(=O)N[C@H]1CCOC[C@H]1Nc1cc(N(C)C)ncn1. The number of ether oxygens (including phenoxy) is 1. The van der Waals surface area contributed by atoms with Gasteiger partial charge in [-0.25, -0.2) is 9.97 Å². The van der Waals surface area contributed by atoms with Gasteiger partial charge >= 0.3 is 0 Å². The van der Waals surface area contributed by atoms with Crippen LogP contribution in [-0.2, 0) is 4.74 Å². The Bertz CT molecular complexity index is 731. The van der Waals surface area contributed by atoms with Crippen LogP contribution in [0.15, 0.2) is 29.1 Å². The summed E-state index contributed by atoms with van der Waals surface area (Å²) < 4.78 is 10.8. The van der Waals surface area contributed by atoms with Crippen molar-refractivity contribution in [3.8, 4) is 0 Å². The van der Waals surface area contributed by atoms with Gasteiger partial charge in [0.25, 0.3) is 5.91 Å². The Morgan fingerprint density at radius 3 is 2.88 bits per heavy atom. The first-order chi connectivity index (χ1) is 12.0. The van der Waals surface area contributed by atoms with Gasteiger partial charge < -0.3 is 24.7 Å². The molecule has 2 atom stereocenters. The van der Waals surface area contributed by atoms with Crippen molar-refractivity contribution in [2.75, 3.05) is 37.5 Å². The van der Waals surface area contributed by atoms with Gasteiger partial charge in [-0.15, -0.1) is 0 Å². The molecule has 3 heterocycles. The molecule has 0 aromatic carbocycles. The highest BCUT2D eigenvalue weighted by Gasteiger charge is 2.29. The Morgan fingerprint density at radius 1 is 1.32 bits per heavy atom. The van der Waals surface area contributed by atoms with Crippen LogP contribution in [0.3, 0.4) is 0 Å². The second kappa shape index (κ2) is 7.52. The summed E-state index contributed by atoms with van der Waals surface area (Å²) in [6.45, 7) is 2.94. The van der Waals surface area contributed by atoms with E-state index in [0.29, 0.717) is 24.8 Å². The van der Waals surface area contributed by atoms with Gasteiger partial charge in [-0.05, 0) is 19.4 Å². The maximum Gasteiger partial charge on any atom is 0.287 e. The molecule has 2 aromatic heterocycles. The fourth-order valence-electron chi connectivity index (χ4n) is 2.75. The number of aryl methyl sites for hydroxylation is 1. The van der Waals surface area contributed by atoms with Gasteiger partial charge in [-0.2, -0.15) is 0 Å². The van der Waals surface area contributed by atoms with Crippen LogP contribution < -0.4 is 15.5 Å². The van der Waals surface area contributed by atoms with Gasteiger partial charge in [0.1, 0.15) is 18.0 Å². The van der Waals surface area contributed by atoms with Crippen molar-refractivity contribution < 1.29 is 13.9 Å². The molecule has 0 aliphatic carbocycles. The fraction of sp³-hybridized carbons (Fsp3) is 0.471. The fourth-order valence-corrected chi connectivity index (χ4v) is 2.75. The third-order valence-corrected chi connectivity index (χ3v) is 4.19. The summed E-state index contributed by atoms with van der Waals surface area (Å²) in [6.07, 6.45) is 3.75. The number of rotatable bonds is 5. The van der Waals surface area contributed by atoms with Crippen LogP contribution in [0.25, 0.3) is 0 Å². The predicted molar refractivity (Wildman–Crippen MR) is 93.9 cm³/mol. The lowest BCUT2D eigenvalue weighted by Crippen LogP contribution is -2.52. The van der Waals surface area contributed by atoms with E-state index < -0.39 is 0 Å². The Morgan fingerprint density at radius 2 is 2.16 bits per heavy atom. The lowest BCUT2D eigenvalue weighted by molar-refractivity contribution is 0.0609. The van der Waals surface area contributed by atoms with Gasteiger partial charge in [-0.1, -0.05) is 0 Å². The molecule has 2 aromatic rings. The van der Waals surface area contributed by atoms with Crippen molar-refractivity contribution in [1.82, 2.24) is 15.3 Å². The molecule has 0 saturated carbocycles. The lowest BCUT2D eigenvalue weighted by atomic mass is 10.0. The molecule has 2 N–H and O–H groups in total. The molecule has 3 rings (SSSR count). The van der Waals surface area contributed by atoms with E-state index in [1.54, 1.807) is 6.07 Å². The maximum absolute atomic E-state index is 12.4. The first-order valence-corrected chi connectivity index (χ1v) is 8.23. The number of hydrogen-bond donors (Lipinski definition) is 2. The lowest BCUT2D eigenvalue weighted by Gasteiger charge is -2.33. The number of nitrogens with zero attached hydrogens (tertiary/aromatic N) is 3. The maximum atomic E-state index is 12.4. The van der Waals surface area contributed by atoms with E-state index in [4.69, 9.17) is 9.15 Å². The molecule has 0 spiro atoms. The van der Waals surface area contributed by atoms with Crippen molar-refractivity contribution in [2.24, 2.45) is 0 Å². The molecule has 134 valence electrons. The number of carbonyl (C=O) groups is 1. The second-order valence-corrected chi connectivity index (χ2v) is 6.28. The number of carbonyl (C=O) groups excluding carboxylic acids is 1. The highest BCUT2D eigenvalue weighted by atomic mass is 16.5. The van der Waals surface area contributed by atoms with Gasteiger partial charge in [0.05, 0.1) is 25.0 Å². The monoisotopic (exact) mass is 345 g/mol. The summed E-state index contributed by atoms with van der Waals surface area (Å²) in [5, 5.41) is 6.38. The number of aromatic nitrogens is 2. The number of furan rings is 1. The third kappa shape index (κ3) is 4.08. The van der Waals surface area contributed by atoms with E-state index in [2.05, 4.69) is 20.6 Å². The van der Waals surface area contributed by atoms with Crippen molar-refractivity contribution in [2.45, 2.75) is 25.4 Å². The molecule has 1 saturated heterocycles. The van der Waals surface area contributed by atoms with Crippen LogP contribution in [0, 0.1) is 6.92 Å². The van der Waals surface area contributed by atoms with Crippen molar-refractivity contribution in [1.29, 1.82) is 0 Å². The highest BCUT2D eigenvalue weighted by Crippen LogP contribution is 2.17. The number of nitrogens with one attached hydrogen (secondary N) is 2. The zero-order valence-electron chi connectivity index (χ0n) is 14.7. The number of amides is 1. The van der Waals surface area contributed by atoms with Crippen LogP contribution in [0.5, 0.6) is 0 Å². The smallest absolute Gasteiger partial charge is 0.287 e. The summed E-state index contributed by atoms with van der Waals surface area (Å²) in [7, 11) is 3.84. The summed E-state index contributed by atoms with van der Waals surface area (Å²) in [5.41, 5.74) is 0.820. The predicted octanol–water partition coefficient (Wildman–Crippen LogP) is 1.44. The average Bonchev–Trinajstić information content (AvgIpc) is 3.03. The first-order valence-electron chi connectivity index (χ1n) is 8.23. The zero-order valence-corrected chi connectivity index (χ0v) is 14.7. The standard InChI is InChI=1S/C17H23N5O3/c1-11-4-7-25-16(11)17(23)21-12-5-6-24-9-13(12)20-14-8-15(22(2)3)19-10-18-14/h4,7-8,10,12-13H,5-6,9H2,1-3H3,(H,21,23)(H,18,19,20)/t12-,13+/m0/s1. The third-order valence-electron chi connectivity index (χ3n) is 4.19. The quantitative estimate of drug-likeness (QED) is 0.847. The molecule has 0 bridgehead atoms. The molecule has 1 aliphatic rings. The molecule has 8 heteroatoms. The molecule has 0 radical (unpaired) electrons. The molecule has 0 unspecified atom stereocenters. The van der Waals surface area contributed by atoms with Gasteiger partial charge in [0.2, 0.25) is 0 Å². The normalized spacial score (nSPS) is 20.1. The molecule has 1 fully saturated rings. The van der Waals surface area contributed by atoms with E-state index in [1.807, 2.05) is 32.0 Å². The highest BCUT2D eigenvalue weighted by molar-refractivity contribution is 5.93. The number of anilines is 2. The largest absolute Gasteiger partial charge is 0.459 e. The Kier molecular flexibility index (Phi) is 5.18. The zero-order chi connectivity index (χ0) is 17.8. The minimum atomic E-state index is -0.210. The van der Waals surface area contributed by atoms with Crippen LogP contribution in [0.1, 0.15) is 22.5 Å². The average molecular weight is 345 g/mol. The topological polar surface area (TPSA) is 92.5 Å². The van der Waals surface area contributed by atoms with Gasteiger partial charge in [0.15, 0.2) is 5.76 Å². The molecule has 25 heavy (non-hydrogen) atoms. The van der Waals surface area contributed by atoms with E-state index in [-0.39, 0.29) is 18.0 Å². The van der Waals surface area contributed by atoms with Crippen LogP contribution in [-0.4, -0.2) is 55.3 Å². The van der Waals surface area contributed by atoms with E-state index >= 15 is 0 Å².